The summed E-state index contributed by atoms with van der Waals surface area (Å²) in [5.41, 5.74) is 0.0438. The zero-order valence-electron chi connectivity index (χ0n) is 10.7. The monoisotopic (exact) mass is 317 g/mol. The van der Waals surface area contributed by atoms with Crippen molar-refractivity contribution in [3.05, 3.63) is 36.5 Å². The molecule has 0 aliphatic heterocycles. The zero-order valence-corrected chi connectivity index (χ0v) is 12.3. The van der Waals surface area contributed by atoms with Crippen molar-refractivity contribution in [2.45, 2.75) is 9.92 Å². The van der Waals surface area contributed by atoms with Gasteiger partial charge in [0.1, 0.15) is 5.82 Å². The van der Waals surface area contributed by atoms with Crippen molar-refractivity contribution in [1.82, 2.24) is 9.55 Å². The van der Waals surface area contributed by atoms with Crippen LogP contribution in [0.3, 0.4) is 0 Å². The minimum absolute atomic E-state index is 0.0192. The first kappa shape index (κ1) is 14.7. The predicted octanol–water partition coefficient (Wildman–Crippen LogP) is 1.10. The van der Waals surface area contributed by atoms with E-state index in [2.05, 4.69) is 9.71 Å². The summed E-state index contributed by atoms with van der Waals surface area (Å²) in [5, 5.41) is -0.163. The van der Waals surface area contributed by atoms with Crippen LogP contribution in [0.1, 0.15) is 0 Å². The number of nitrogens with one attached hydrogen (secondary N) is 1. The van der Waals surface area contributed by atoms with Crippen LogP contribution in [0.15, 0.2) is 40.6 Å². The van der Waals surface area contributed by atoms with Gasteiger partial charge in [0.15, 0.2) is 5.03 Å². The Labute approximate surface area is 118 Å². The highest BCUT2D eigenvalue weighted by atomic mass is 32.2. The molecule has 1 aromatic heterocycles. The summed E-state index contributed by atoms with van der Waals surface area (Å²) >= 11 is 0. The molecule has 0 aliphatic carbocycles. The zero-order chi connectivity index (χ0) is 14.9. The molecule has 1 aromatic carbocycles. The number of nitrogens with zero attached hydrogens (tertiary/aromatic N) is 2. The van der Waals surface area contributed by atoms with Crippen molar-refractivity contribution >= 4 is 26.5 Å². The van der Waals surface area contributed by atoms with Crippen LogP contribution in [-0.4, -0.2) is 28.4 Å². The van der Waals surface area contributed by atoms with E-state index in [1.807, 2.05) is 0 Å². The van der Waals surface area contributed by atoms with Gasteiger partial charge in [0, 0.05) is 19.5 Å². The third-order valence-corrected chi connectivity index (χ3v) is 4.67. The molecule has 0 saturated carbocycles. The molecule has 6 nitrogen and oxygen atoms in total. The molecular weight excluding hydrogens is 305 g/mol. The smallest absolute Gasteiger partial charge is 0.280 e. The van der Waals surface area contributed by atoms with Gasteiger partial charge in [-0.2, -0.15) is 8.42 Å². The number of halogens is 1. The lowest BCUT2D eigenvalue weighted by Crippen LogP contribution is -2.13. The number of rotatable bonds is 4. The van der Waals surface area contributed by atoms with Gasteiger partial charge in [-0.05, 0) is 18.2 Å². The van der Waals surface area contributed by atoms with E-state index in [9.17, 15) is 17.0 Å². The standard InChI is InChI=1S/C11H12FN3O3S2/c1-15-6-11(13-7-15)20(17,18)14-8-3-4-10(19(2)16)9(12)5-8/h3-7,14H,1-2H3. The van der Waals surface area contributed by atoms with E-state index in [1.54, 1.807) is 7.05 Å². The number of aromatic nitrogens is 2. The van der Waals surface area contributed by atoms with Gasteiger partial charge in [0.2, 0.25) is 0 Å². The lowest BCUT2D eigenvalue weighted by atomic mass is 10.3. The van der Waals surface area contributed by atoms with E-state index in [-0.39, 0.29) is 15.6 Å². The maximum atomic E-state index is 13.6. The molecule has 9 heteroatoms. The summed E-state index contributed by atoms with van der Waals surface area (Å²) in [7, 11) is -3.70. The van der Waals surface area contributed by atoms with Gasteiger partial charge in [0.25, 0.3) is 10.0 Å². The molecule has 2 rings (SSSR count). The highest BCUT2D eigenvalue weighted by Gasteiger charge is 2.18. The molecule has 0 spiro atoms. The average Bonchev–Trinajstić information content (AvgIpc) is 2.75. The molecule has 0 fully saturated rings. The normalized spacial score (nSPS) is 13.2. The molecule has 1 atom stereocenters. The lowest BCUT2D eigenvalue weighted by Gasteiger charge is -2.07. The molecule has 0 amide bonds. The van der Waals surface area contributed by atoms with Crippen LogP contribution in [0.4, 0.5) is 10.1 Å². The molecule has 0 radical (unpaired) electrons. The molecular formula is C11H12FN3O3S2. The molecule has 0 aliphatic rings. The fraction of sp³-hybridized carbons (Fsp3) is 0.182. The van der Waals surface area contributed by atoms with Crippen LogP contribution in [0.25, 0.3) is 0 Å². The topological polar surface area (TPSA) is 81.1 Å². The highest BCUT2D eigenvalue weighted by Crippen LogP contribution is 2.19. The first-order chi connectivity index (χ1) is 9.29. The van der Waals surface area contributed by atoms with Crippen molar-refractivity contribution in [2.75, 3.05) is 11.0 Å². The van der Waals surface area contributed by atoms with Gasteiger partial charge in [-0.3, -0.25) is 8.93 Å². The SMILES string of the molecule is Cn1cnc(S(=O)(=O)Nc2ccc(S(C)=O)c(F)c2)c1. The Bertz CT molecular complexity index is 771. The Hall–Kier alpha value is -1.74. The van der Waals surface area contributed by atoms with E-state index >= 15 is 0 Å². The van der Waals surface area contributed by atoms with E-state index in [1.165, 1.54) is 35.5 Å². The van der Waals surface area contributed by atoms with Crippen LogP contribution in [0.5, 0.6) is 0 Å². The lowest BCUT2D eigenvalue weighted by molar-refractivity contribution is 0.595. The van der Waals surface area contributed by atoms with Crippen LogP contribution in [-0.2, 0) is 27.9 Å². The second kappa shape index (κ2) is 5.33. The molecule has 1 heterocycles. The Morgan fingerprint density at radius 2 is 2.10 bits per heavy atom. The summed E-state index contributed by atoms with van der Waals surface area (Å²) in [4.78, 5) is 3.74. The Balaban J connectivity index is 2.30. The summed E-state index contributed by atoms with van der Waals surface area (Å²) < 4.78 is 52.5. The van der Waals surface area contributed by atoms with Crippen LogP contribution in [0, 0.1) is 5.82 Å². The predicted molar refractivity (Wildman–Crippen MR) is 72.7 cm³/mol. The number of imidazole rings is 1. The summed E-state index contributed by atoms with van der Waals surface area (Å²) in [6.45, 7) is 0. The van der Waals surface area contributed by atoms with E-state index < -0.39 is 26.6 Å². The average molecular weight is 317 g/mol. The molecule has 1 unspecified atom stereocenters. The first-order valence-electron chi connectivity index (χ1n) is 5.43. The number of benzene rings is 1. The molecule has 0 saturated heterocycles. The van der Waals surface area contributed by atoms with Crippen molar-refractivity contribution in [1.29, 1.82) is 0 Å². The summed E-state index contributed by atoms with van der Waals surface area (Å²) in [5.74, 6) is -0.730. The maximum Gasteiger partial charge on any atom is 0.280 e. The summed E-state index contributed by atoms with van der Waals surface area (Å²) in [6.07, 6.45) is 4.02. The molecule has 108 valence electrons. The van der Waals surface area contributed by atoms with E-state index in [4.69, 9.17) is 0 Å². The second-order valence-corrected chi connectivity index (χ2v) is 7.06. The first-order valence-corrected chi connectivity index (χ1v) is 8.47. The second-order valence-electron chi connectivity index (χ2n) is 4.08. The molecule has 1 N–H and O–H groups in total. The van der Waals surface area contributed by atoms with Gasteiger partial charge < -0.3 is 4.57 Å². The molecule has 2 aromatic rings. The Morgan fingerprint density at radius 3 is 2.60 bits per heavy atom. The quantitative estimate of drug-likeness (QED) is 0.915. The van der Waals surface area contributed by atoms with Crippen molar-refractivity contribution in [2.24, 2.45) is 7.05 Å². The summed E-state index contributed by atoms with van der Waals surface area (Å²) in [6, 6.07) is 3.61. The largest absolute Gasteiger partial charge is 0.339 e. The number of hydrogen-bond donors (Lipinski definition) is 1. The fourth-order valence-corrected chi connectivity index (χ4v) is 3.16. The Kier molecular flexibility index (Phi) is 3.91. The third-order valence-electron chi connectivity index (χ3n) is 2.45. The van der Waals surface area contributed by atoms with E-state index in [0.717, 1.165) is 6.07 Å². The van der Waals surface area contributed by atoms with Crippen LogP contribution in [0.2, 0.25) is 0 Å². The highest BCUT2D eigenvalue weighted by molar-refractivity contribution is 7.92. The van der Waals surface area contributed by atoms with Crippen molar-refractivity contribution in [3.63, 3.8) is 0 Å². The number of aryl methyl sites for hydroxylation is 1. The number of hydrogen-bond acceptors (Lipinski definition) is 4. The van der Waals surface area contributed by atoms with Gasteiger partial charge in [-0.25, -0.2) is 9.37 Å². The Morgan fingerprint density at radius 1 is 1.40 bits per heavy atom. The van der Waals surface area contributed by atoms with Gasteiger partial charge in [0.05, 0.1) is 27.7 Å². The number of anilines is 1. The fourth-order valence-electron chi connectivity index (χ4n) is 1.53. The van der Waals surface area contributed by atoms with Gasteiger partial charge in [-0.1, -0.05) is 0 Å². The van der Waals surface area contributed by atoms with Crippen molar-refractivity contribution in [3.8, 4) is 0 Å². The van der Waals surface area contributed by atoms with Crippen molar-refractivity contribution < 1.29 is 17.0 Å². The van der Waals surface area contributed by atoms with Crippen LogP contribution < -0.4 is 4.72 Å². The minimum Gasteiger partial charge on any atom is -0.339 e. The maximum absolute atomic E-state index is 13.6. The van der Waals surface area contributed by atoms with E-state index in [0.29, 0.717) is 0 Å². The van der Waals surface area contributed by atoms with Gasteiger partial charge in [-0.15, -0.1) is 0 Å². The van der Waals surface area contributed by atoms with Gasteiger partial charge >= 0.3 is 0 Å². The third kappa shape index (κ3) is 3.05. The molecule has 0 bridgehead atoms. The molecule has 20 heavy (non-hydrogen) atoms. The minimum atomic E-state index is -3.87. The van der Waals surface area contributed by atoms with Crippen LogP contribution >= 0.6 is 0 Å². The number of sulfonamides is 1.